The van der Waals surface area contributed by atoms with E-state index in [-0.39, 0.29) is 11.9 Å². The molecule has 1 aromatic heterocycles. The van der Waals surface area contributed by atoms with Gasteiger partial charge in [0, 0.05) is 43.3 Å². The average Bonchev–Trinajstić information content (AvgIpc) is 3.39. The molecule has 2 aromatic rings. The lowest BCUT2D eigenvalue weighted by Gasteiger charge is -2.47. The molecule has 6 N–H and O–H groups in total. The number of anilines is 2. The summed E-state index contributed by atoms with van der Waals surface area (Å²) in [4.78, 5) is 13.5. The summed E-state index contributed by atoms with van der Waals surface area (Å²) in [6.07, 6.45) is 6.02. The van der Waals surface area contributed by atoms with E-state index in [1.54, 1.807) is 28.8 Å². The fourth-order valence-electron chi connectivity index (χ4n) is 4.88. The number of carbonyl (C=O) groups is 1. The summed E-state index contributed by atoms with van der Waals surface area (Å²) in [5.74, 6) is 1.32. The van der Waals surface area contributed by atoms with Crippen molar-refractivity contribution < 1.29 is 23.4 Å². The van der Waals surface area contributed by atoms with E-state index in [9.17, 15) is 19.0 Å². The van der Waals surface area contributed by atoms with Crippen LogP contribution in [0.15, 0.2) is 41.0 Å². The second-order valence-electron chi connectivity index (χ2n) is 11.0. The van der Waals surface area contributed by atoms with Crippen LogP contribution in [0.4, 0.5) is 11.4 Å². The number of carbonyl (C=O) groups excluding carboxylic acids is 1. The third kappa shape index (κ3) is 9.72. The van der Waals surface area contributed by atoms with Gasteiger partial charge in [-0.05, 0) is 69.4 Å². The van der Waals surface area contributed by atoms with Crippen molar-refractivity contribution >= 4 is 28.1 Å². The first-order valence-corrected chi connectivity index (χ1v) is 15.9. The van der Waals surface area contributed by atoms with Gasteiger partial charge in [0.25, 0.3) is 5.91 Å². The van der Waals surface area contributed by atoms with Crippen LogP contribution in [-0.2, 0) is 6.42 Å². The van der Waals surface area contributed by atoms with E-state index >= 15 is 0 Å². The summed E-state index contributed by atoms with van der Waals surface area (Å²) in [6, 6.07) is 8.59. The number of hydrogen-bond acceptors (Lipinski definition) is 8. The standard InChI is InChI=1S/C29H48N4O5S/c1-5-30-24-16-23(17-25(18-24)33-13-6-7-15-39(33,36)37)29(35)32-27(19-26-12-9-14-38-26)28(34)20-31-22(4)11-8-10-21(2)3/h9,12,14,16-18,21-22,27-28,30-31,34,36-37H,5-8,10-11,13,15,19-20H2,1-4H3,(H,32,35). The molecular weight excluding hydrogens is 516 g/mol. The van der Waals surface area contributed by atoms with Crippen LogP contribution in [-0.4, -0.2) is 63.7 Å². The maximum absolute atomic E-state index is 13.5. The number of furan rings is 1. The fourth-order valence-corrected chi connectivity index (χ4v) is 6.55. The van der Waals surface area contributed by atoms with Crippen molar-refractivity contribution in [1.82, 2.24) is 10.6 Å². The SMILES string of the molecule is CCNc1cc(C(=O)NC(Cc2ccco2)C(O)CNC(C)CCCC(C)C)cc(N2CCCCS2(O)O)c1. The average molecular weight is 565 g/mol. The summed E-state index contributed by atoms with van der Waals surface area (Å²) in [5, 5.41) is 20.8. The molecule has 3 atom stereocenters. The van der Waals surface area contributed by atoms with E-state index in [4.69, 9.17) is 4.42 Å². The molecule has 1 aliphatic heterocycles. The summed E-state index contributed by atoms with van der Waals surface area (Å²) in [6.45, 7) is 10.0. The lowest BCUT2D eigenvalue weighted by Crippen LogP contribution is -2.49. The number of nitrogens with zero attached hydrogens (tertiary/aromatic N) is 1. The van der Waals surface area contributed by atoms with Crippen molar-refractivity contribution in [2.24, 2.45) is 5.92 Å². The first-order chi connectivity index (χ1) is 18.6. The van der Waals surface area contributed by atoms with Crippen LogP contribution in [0.1, 0.15) is 75.9 Å². The van der Waals surface area contributed by atoms with Gasteiger partial charge < -0.3 is 25.5 Å². The number of aliphatic hydroxyl groups excluding tert-OH is 1. The molecule has 220 valence electrons. The van der Waals surface area contributed by atoms with Gasteiger partial charge in [0.05, 0.1) is 29.8 Å². The Balaban J connectivity index is 1.75. The Kier molecular flexibility index (Phi) is 12.0. The summed E-state index contributed by atoms with van der Waals surface area (Å²) < 4.78 is 28.5. The van der Waals surface area contributed by atoms with E-state index in [0.29, 0.717) is 54.7 Å². The Morgan fingerprint density at radius 3 is 2.62 bits per heavy atom. The minimum absolute atomic E-state index is 0.252. The number of amides is 1. The van der Waals surface area contributed by atoms with Crippen molar-refractivity contribution in [3.63, 3.8) is 0 Å². The molecule has 0 aliphatic carbocycles. The summed E-state index contributed by atoms with van der Waals surface area (Å²) >= 11 is 0. The molecule has 39 heavy (non-hydrogen) atoms. The minimum Gasteiger partial charge on any atom is -0.469 e. The van der Waals surface area contributed by atoms with Gasteiger partial charge in [-0.1, -0.05) is 26.7 Å². The van der Waals surface area contributed by atoms with Gasteiger partial charge in [0.2, 0.25) is 0 Å². The molecule has 1 saturated heterocycles. The van der Waals surface area contributed by atoms with Crippen molar-refractivity contribution in [2.75, 3.05) is 35.0 Å². The second-order valence-corrected chi connectivity index (χ2v) is 13.1. The zero-order chi connectivity index (χ0) is 28.4. The van der Waals surface area contributed by atoms with Gasteiger partial charge in [0.1, 0.15) is 5.76 Å². The van der Waals surface area contributed by atoms with Crippen molar-refractivity contribution in [1.29, 1.82) is 0 Å². The monoisotopic (exact) mass is 564 g/mol. The van der Waals surface area contributed by atoms with Crippen molar-refractivity contribution in [3.8, 4) is 0 Å². The van der Waals surface area contributed by atoms with Crippen LogP contribution < -0.4 is 20.3 Å². The second kappa shape index (κ2) is 14.9. The smallest absolute Gasteiger partial charge is 0.251 e. The fraction of sp³-hybridized carbons (Fsp3) is 0.621. The zero-order valence-corrected chi connectivity index (χ0v) is 24.7. The highest BCUT2D eigenvalue weighted by Crippen LogP contribution is 2.50. The van der Waals surface area contributed by atoms with Crippen molar-refractivity contribution in [2.45, 2.75) is 84.4 Å². The van der Waals surface area contributed by atoms with Crippen LogP contribution >= 0.6 is 10.8 Å². The van der Waals surface area contributed by atoms with Crippen molar-refractivity contribution in [3.05, 3.63) is 47.9 Å². The number of aliphatic hydroxyl groups is 1. The lowest BCUT2D eigenvalue weighted by molar-refractivity contribution is 0.0818. The van der Waals surface area contributed by atoms with Crippen LogP contribution in [0.5, 0.6) is 0 Å². The third-order valence-corrected chi connectivity index (χ3v) is 9.04. The van der Waals surface area contributed by atoms with Crippen LogP contribution in [0.3, 0.4) is 0 Å². The van der Waals surface area contributed by atoms with Crippen LogP contribution in [0, 0.1) is 5.92 Å². The van der Waals surface area contributed by atoms with Gasteiger partial charge in [-0.2, -0.15) is 0 Å². The molecule has 3 unspecified atom stereocenters. The highest BCUT2D eigenvalue weighted by Gasteiger charge is 2.29. The van der Waals surface area contributed by atoms with Gasteiger partial charge in [-0.15, -0.1) is 10.8 Å². The number of nitrogens with one attached hydrogen (secondary N) is 3. The molecule has 3 rings (SSSR count). The molecule has 10 heteroatoms. The molecule has 1 aromatic carbocycles. The Labute approximate surface area is 235 Å². The molecular formula is C29H48N4O5S. The summed E-state index contributed by atoms with van der Waals surface area (Å²) in [5.41, 5.74) is 1.70. The predicted molar refractivity (Wildman–Crippen MR) is 161 cm³/mol. The molecule has 2 heterocycles. The number of rotatable bonds is 15. The molecule has 1 amide bonds. The first kappa shape index (κ1) is 31.3. The topological polar surface area (TPSA) is 130 Å². The predicted octanol–water partition coefficient (Wildman–Crippen LogP) is 5.48. The van der Waals surface area contributed by atoms with E-state index in [2.05, 4.69) is 36.7 Å². The molecule has 1 aliphatic rings. The Bertz CT molecular complexity index is 1020. The molecule has 0 spiro atoms. The van der Waals surface area contributed by atoms with E-state index in [1.165, 1.54) is 6.42 Å². The van der Waals surface area contributed by atoms with Gasteiger partial charge in [-0.25, -0.2) is 0 Å². The van der Waals surface area contributed by atoms with Gasteiger partial charge in [-0.3, -0.25) is 18.2 Å². The quantitative estimate of drug-likeness (QED) is 0.168. The molecule has 1 fully saturated rings. The van der Waals surface area contributed by atoms with Crippen LogP contribution in [0.2, 0.25) is 0 Å². The van der Waals surface area contributed by atoms with Gasteiger partial charge in [0.15, 0.2) is 0 Å². The van der Waals surface area contributed by atoms with E-state index in [1.807, 2.05) is 19.1 Å². The minimum atomic E-state index is -2.94. The highest BCUT2D eigenvalue weighted by atomic mass is 32.3. The number of benzene rings is 1. The maximum atomic E-state index is 13.5. The normalized spacial score (nSPS) is 18.4. The van der Waals surface area contributed by atoms with E-state index in [0.717, 1.165) is 31.4 Å². The van der Waals surface area contributed by atoms with E-state index < -0.39 is 22.9 Å². The zero-order valence-electron chi connectivity index (χ0n) is 23.9. The maximum Gasteiger partial charge on any atom is 0.251 e. The largest absolute Gasteiger partial charge is 0.469 e. The Hall–Kier alpha value is -2.24. The molecule has 0 bridgehead atoms. The third-order valence-electron chi connectivity index (χ3n) is 7.11. The lowest BCUT2D eigenvalue weighted by atomic mass is 10.0. The molecule has 0 saturated carbocycles. The van der Waals surface area contributed by atoms with Gasteiger partial charge >= 0.3 is 0 Å². The van der Waals surface area contributed by atoms with Crippen LogP contribution in [0.25, 0.3) is 0 Å². The molecule has 9 nitrogen and oxygen atoms in total. The Morgan fingerprint density at radius 2 is 1.95 bits per heavy atom. The molecule has 0 radical (unpaired) electrons. The highest BCUT2D eigenvalue weighted by molar-refractivity contribution is 8.25. The summed E-state index contributed by atoms with van der Waals surface area (Å²) in [7, 11) is -2.94. The first-order valence-electron chi connectivity index (χ1n) is 14.3. The Morgan fingerprint density at radius 1 is 1.15 bits per heavy atom. The number of hydrogen-bond donors (Lipinski definition) is 6.